The van der Waals surface area contributed by atoms with Crippen LogP contribution in [0.5, 0.6) is 0 Å². The molecular formula is C20H23N10O11P2-. The molecular weight excluding hydrogens is 618 g/mol. The molecule has 3 aliphatic heterocycles. The molecule has 3 aliphatic rings. The van der Waals surface area contributed by atoms with Gasteiger partial charge < -0.3 is 44.9 Å². The van der Waals surface area contributed by atoms with Crippen LogP contribution < -0.4 is 16.4 Å². The van der Waals surface area contributed by atoms with Gasteiger partial charge in [0.2, 0.25) is 0 Å². The minimum atomic E-state index is -5.06. The highest BCUT2D eigenvalue weighted by atomic mass is 31.2. The number of phosphoric acid groups is 2. The smallest absolute Gasteiger partial charge is 0.472 e. The third kappa shape index (κ3) is 5.17. The maximum atomic E-state index is 13.0. The Balaban J connectivity index is 1.15. The molecule has 0 aromatic carbocycles. The molecule has 43 heavy (non-hydrogen) atoms. The van der Waals surface area contributed by atoms with Gasteiger partial charge in [-0.2, -0.15) is 0 Å². The van der Waals surface area contributed by atoms with E-state index in [1.54, 1.807) is 0 Å². The molecule has 230 valence electrons. The van der Waals surface area contributed by atoms with Crippen LogP contribution in [0, 0.1) is 0 Å². The van der Waals surface area contributed by atoms with Crippen LogP contribution in [0.25, 0.3) is 22.3 Å². The molecule has 4 aromatic rings. The monoisotopic (exact) mass is 641 g/mol. The average Bonchev–Trinajstić information content (AvgIpc) is 3.72. The first kappa shape index (κ1) is 28.6. The van der Waals surface area contributed by atoms with Gasteiger partial charge in [-0.1, -0.05) is 0 Å². The van der Waals surface area contributed by atoms with Crippen LogP contribution in [0.3, 0.4) is 0 Å². The maximum Gasteiger partial charge on any atom is 0.472 e. The number of phosphoric ester groups is 2. The van der Waals surface area contributed by atoms with Crippen LogP contribution in [0.15, 0.2) is 25.3 Å². The number of hydrogen-bond acceptors (Lipinski definition) is 18. The fourth-order valence-corrected chi connectivity index (χ4v) is 7.10. The van der Waals surface area contributed by atoms with Crippen molar-refractivity contribution in [1.29, 1.82) is 0 Å². The Morgan fingerprint density at radius 2 is 1.47 bits per heavy atom. The third-order valence-corrected chi connectivity index (χ3v) is 9.15. The van der Waals surface area contributed by atoms with Gasteiger partial charge in [0.15, 0.2) is 29.2 Å². The van der Waals surface area contributed by atoms with Crippen molar-refractivity contribution in [2.45, 2.75) is 49.4 Å². The van der Waals surface area contributed by atoms with Gasteiger partial charge in [0.1, 0.15) is 54.3 Å². The molecule has 0 saturated carbocycles. The first-order chi connectivity index (χ1) is 20.5. The quantitative estimate of drug-likeness (QED) is 0.186. The SMILES string of the molecule is Nc1ncnc2c1ncn2[C@@H]1O[C@@H]2COP(=O)([O-])O[C@H]3C[C@H](n4cnc5c(N)ncnc54)O[C@@H]3COP(=O)(O)O[C@H]2[C@H]1O. The number of nitrogens with two attached hydrogens (primary N) is 2. The number of anilines is 2. The molecule has 3 fully saturated rings. The molecule has 7 rings (SSSR count). The molecule has 7 heterocycles. The number of hydrogen-bond donors (Lipinski definition) is 4. The Bertz CT molecular complexity index is 1790. The topological polar surface area (TPSA) is 292 Å². The van der Waals surface area contributed by atoms with Gasteiger partial charge >= 0.3 is 7.82 Å². The second-order valence-corrected chi connectivity index (χ2v) is 12.6. The minimum absolute atomic E-state index is 0.0636. The summed E-state index contributed by atoms with van der Waals surface area (Å²) in [6.07, 6.45) is -4.27. The van der Waals surface area contributed by atoms with Gasteiger partial charge in [0.25, 0.3) is 7.82 Å². The van der Waals surface area contributed by atoms with E-state index in [2.05, 4.69) is 29.9 Å². The fourth-order valence-electron chi connectivity index (χ4n) is 5.20. The normalized spacial score (nSPS) is 37.1. The summed E-state index contributed by atoms with van der Waals surface area (Å²) in [5, 5.41) is 11.1. The number of aliphatic hydroxyl groups excluding tert-OH is 1. The lowest BCUT2D eigenvalue weighted by molar-refractivity contribution is -0.234. The number of rotatable bonds is 2. The minimum Gasteiger partial charge on any atom is -0.756 e. The molecule has 23 heteroatoms. The van der Waals surface area contributed by atoms with Crippen molar-refractivity contribution in [3.8, 4) is 0 Å². The molecule has 0 aliphatic carbocycles. The van der Waals surface area contributed by atoms with Crippen LogP contribution in [0.2, 0.25) is 0 Å². The number of aromatic nitrogens is 8. The molecule has 0 spiro atoms. The lowest BCUT2D eigenvalue weighted by atomic mass is 10.1. The van der Waals surface area contributed by atoms with Crippen molar-refractivity contribution in [1.82, 2.24) is 39.0 Å². The van der Waals surface area contributed by atoms with Gasteiger partial charge in [-0.05, 0) is 0 Å². The second kappa shape index (κ2) is 10.5. The predicted molar refractivity (Wildman–Crippen MR) is 137 cm³/mol. The Morgan fingerprint density at radius 1 is 0.837 bits per heavy atom. The van der Waals surface area contributed by atoms with Crippen molar-refractivity contribution in [2.75, 3.05) is 24.7 Å². The summed E-state index contributed by atoms with van der Waals surface area (Å²) in [4.78, 5) is 47.7. The number of nitrogens with zero attached hydrogens (tertiary/aromatic N) is 8. The Morgan fingerprint density at radius 3 is 2.16 bits per heavy atom. The van der Waals surface area contributed by atoms with Crippen molar-refractivity contribution in [3.63, 3.8) is 0 Å². The molecule has 6 N–H and O–H groups in total. The van der Waals surface area contributed by atoms with E-state index in [0.717, 1.165) is 0 Å². The highest BCUT2D eigenvalue weighted by Gasteiger charge is 2.51. The van der Waals surface area contributed by atoms with Crippen LogP contribution in [-0.4, -0.2) is 92.8 Å². The predicted octanol–water partition coefficient (Wildman–Crippen LogP) is -1.24. The number of nitrogen functional groups attached to an aromatic ring is 2. The summed E-state index contributed by atoms with van der Waals surface area (Å²) < 4.78 is 61.4. The van der Waals surface area contributed by atoms with Gasteiger partial charge in [0, 0.05) is 6.42 Å². The van der Waals surface area contributed by atoms with Gasteiger partial charge in [-0.3, -0.25) is 22.7 Å². The van der Waals surface area contributed by atoms with E-state index in [1.165, 1.54) is 34.4 Å². The maximum absolute atomic E-state index is 13.0. The highest BCUT2D eigenvalue weighted by molar-refractivity contribution is 7.47. The van der Waals surface area contributed by atoms with Crippen molar-refractivity contribution >= 4 is 49.6 Å². The van der Waals surface area contributed by atoms with Gasteiger partial charge in [0.05, 0.1) is 32.0 Å². The molecule has 0 radical (unpaired) electrons. The summed E-state index contributed by atoms with van der Waals surface area (Å²) in [6.45, 7) is -1.40. The van der Waals surface area contributed by atoms with E-state index >= 15 is 0 Å². The third-order valence-electron chi connectivity index (χ3n) is 7.17. The molecule has 0 amide bonds. The Hall–Kier alpha value is -3.20. The van der Waals surface area contributed by atoms with Gasteiger partial charge in [-0.25, -0.2) is 34.5 Å². The molecule has 0 bridgehead atoms. The van der Waals surface area contributed by atoms with E-state index < -0.39 is 71.8 Å². The van der Waals surface area contributed by atoms with Gasteiger partial charge in [-0.15, -0.1) is 0 Å². The van der Waals surface area contributed by atoms with E-state index in [-0.39, 0.29) is 29.2 Å². The molecule has 2 unspecified atom stereocenters. The summed E-state index contributed by atoms with van der Waals surface area (Å²) in [5.74, 6) is 0.188. The molecule has 3 saturated heterocycles. The standard InChI is InChI=1S/C20H24N10O11P2/c21-16-12-18(25-4-23-16)29(6-27-12)11-1-8-9(38-11)2-36-43(34,35)41-15-10(3-37-42(32,33)40-8)39-20(14(15)31)30-7-28-13-17(22)24-5-26-19(13)30/h4-11,14-15,20,31H,1-3H2,(H,32,33)(H,34,35)(H2,21,23,25)(H2,22,24,26)/p-1/t8-,9+,10+,11+,14+,15+,20+/m0/s1. The van der Waals surface area contributed by atoms with E-state index in [1.807, 2.05) is 0 Å². The summed E-state index contributed by atoms with van der Waals surface area (Å²) in [7, 11) is -9.97. The van der Waals surface area contributed by atoms with Crippen LogP contribution in [-0.2, 0) is 36.7 Å². The fraction of sp³-hybridized carbons (Fsp3) is 0.500. The Kier molecular flexibility index (Phi) is 6.95. The zero-order chi connectivity index (χ0) is 30.1. The van der Waals surface area contributed by atoms with Crippen LogP contribution >= 0.6 is 15.6 Å². The average molecular weight is 641 g/mol. The number of imidazole rings is 2. The Labute approximate surface area is 239 Å². The van der Waals surface area contributed by atoms with E-state index in [4.69, 9.17) is 39.0 Å². The zero-order valence-corrected chi connectivity index (χ0v) is 23.5. The first-order valence-corrected chi connectivity index (χ1v) is 15.6. The molecule has 9 atom stereocenters. The number of ether oxygens (including phenoxy) is 2. The van der Waals surface area contributed by atoms with Crippen molar-refractivity contribution < 1.29 is 51.6 Å². The lowest BCUT2D eigenvalue weighted by Crippen LogP contribution is -2.38. The summed E-state index contributed by atoms with van der Waals surface area (Å²) in [6, 6.07) is 0. The highest BCUT2D eigenvalue weighted by Crippen LogP contribution is 2.52. The first-order valence-electron chi connectivity index (χ1n) is 12.6. The van der Waals surface area contributed by atoms with Crippen LogP contribution in [0.4, 0.5) is 11.6 Å². The molecule has 21 nitrogen and oxygen atoms in total. The van der Waals surface area contributed by atoms with Crippen LogP contribution in [0.1, 0.15) is 18.9 Å². The largest absolute Gasteiger partial charge is 0.756 e. The second-order valence-electron chi connectivity index (χ2n) is 9.81. The molecule has 4 aromatic heterocycles. The van der Waals surface area contributed by atoms with E-state index in [9.17, 15) is 24.0 Å². The lowest BCUT2D eigenvalue weighted by Gasteiger charge is -2.31. The number of fused-ring (bicyclic) bond motifs is 4. The summed E-state index contributed by atoms with van der Waals surface area (Å²) >= 11 is 0. The van der Waals surface area contributed by atoms with Crippen molar-refractivity contribution in [2.24, 2.45) is 0 Å². The van der Waals surface area contributed by atoms with Crippen molar-refractivity contribution in [3.05, 3.63) is 25.3 Å². The zero-order valence-electron chi connectivity index (χ0n) is 21.7. The number of aliphatic hydroxyl groups is 1. The summed E-state index contributed by atoms with van der Waals surface area (Å²) in [5.41, 5.74) is 12.7. The van der Waals surface area contributed by atoms with E-state index in [0.29, 0.717) is 11.2 Å².